The number of aromatic nitrogens is 3. The molecule has 2 heterocycles. The summed E-state index contributed by atoms with van der Waals surface area (Å²) in [5.41, 5.74) is 2.20. The van der Waals surface area contributed by atoms with Gasteiger partial charge >= 0.3 is 0 Å². The van der Waals surface area contributed by atoms with Crippen molar-refractivity contribution in [2.45, 2.75) is 6.92 Å². The maximum absolute atomic E-state index is 11.7. The molecule has 1 aromatic carbocycles. The molecule has 0 radical (unpaired) electrons. The van der Waals surface area contributed by atoms with E-state index in [1.54, 1.807) is 12.3 Å². The van der Waals surface area contributed by atoms with Gasteiger partial charge < -0.3 is 10.2 Å². The summed E-state index contributed by atoms with van der Waals surface area (Å²) >= 11 is 0. The molecule has 6 heteroatoms. The van der Waals surface area contributed by atoms with E-state index < -0.39 is 0 Å². The molecule has 106 valence electrons. The normalized spacial score (nSPS) is 10.6. The van der Waals surface area contributed by atoms with Gasteiger partial charge in [-0.05, 0) is 25.1 Å². The summed E-state index contributed by atoms with van der Waals surface area (Å²) < 4.78 is 1.14. The standard InChI is InChI=1S/C15H14N4O2/c1-10-3-6-12(7-4-10)17-15-16-9-11-5-8-13(20)19(21-2)14(11)18-15/h3-9H,1-2H3,(H,16,17,18). The Balaban J connectivity index is 2.04. The summed E-state index contributed by atoms with van der Waals surface area (Å²) in [4.78, 5) is 25.4. The van der Waals surface area contributed by atoms with E-state index in [2.05, 4.69) is 15.3 Å². The first-order chi connectivity index (χ1) is 10.2. The van der Waals surface area contributed by atoms with Crippen molar-refractivity contribution >= 4 is 22.7 Å². The van der Waals surface area contributed by atoms with Crippen LogP contribution in [0.15, 0.2) is 47.4 Å². The molecule has 3 aromatic rings. The highest BCUT2D eigenvalue weighted by Gasteiger charge is 2.07. The number of benzene rings is 1. The molecule has 1 N–H and O–H groups in total. The molecule has 0 spiro atoms. The molecule has 0 aliphatic carbocycles. The lowest BCUT2D eigenvalue weighted by molar-refractivity contribution is 0.167. The lowest BCUT2D eigenvalue weighted by Gasteiger charge is -2.09. The van der Waals surface area contributed by atoms with Gasteiger partial charge in [-0.2, -0.15) is 4.98 Å². The predicted molar refractivity (Wildman–Crippen MR) is 80.8 cm³/mol. The number of nitrogens with one attached hydrogen (secondary N) is 1. The van der Waals surface area contributed by atoms with Crippen molar-refractivity contribution in [1.29, 1.82) is 0 Å². The van der Waals surface area contributed by atoms with Crippen molar-refractivity contribution < 1.29 is 4.84 Å². The topological polar surface area (TPSA) is 69.0 Å². The quantitative estimate of drug-likeness (QED) is 0.794. The molecule has 0 aliphatic heterocycles. The van der Waals surface area contributed by atoms with Crippen LogP contribution in [0.25, 0.3) is 11.0 Å². The molecule has 0 saturated heterocycles. The van der Waals surface area contributed by atoms with Crippen LogP contribution in [0.5, 0.6) is 0 Å². The van der Waals surface area contributed by atoms with Gasteiger partial charge in [-0.15, -0.1) is 4.73 Å². The summed E-state index contributed by atoms with van der Waals surface area (Å²) in [6.07, 6.45) is 1.65. The molecule has 0 atom stereocenters. The van der Waals surface area contributed by atoms with Gasteiger partial charge in [-0.25, -0.2) is 4.98 Å². The fraction of sp³-hybridized carbons (Fsp3) is 0.133. The van der Waals surface area contributed by atoms with Gasteiger partial charge in [0.05, 0.1) is 0 Å². The van der Waals surface area contributed by atoms with Crippen LogP contribution in [0, 0.1) is 6.92 Å². The minimum Gasteiger partial charge on any atom is -0.412 e. The summed E-state index contributed by atoms with van der Waals surface area (Å²) in [6.45, 7) is 2.02. The summed E-state index contributed by atoms with van der Waals surface area (Å²) in [7, 11) is 1.43. The molecule has 0 bridgehead atoms. The number of nitrogens with zero attached hydrogens (tertiary/aromatic N) is 3. The van der Waals surface area contributed by atoms with Crippen molar-refractivity contribution in [2.24, 2.45) is 0 Å². The van der Waals surface area contributed by atoms with Crippen LogP contribution < -0.4 is 15.7 Å². The maximum Gasteiger partial charge on any atom is 0.285 e. The van der Waals surface area contributed by atoms with E-state index in [9.17, 15) is 4.79 Å². The number of rotatable bonds is 3. The first kappa shape index (κ1) is 13.1. The highest BCUT2D eigenvalue weighted by atomic mass is 16.6. The second-order valence-electron chi connectivity index (χ2n) is 4.61. The molecule has 0 unspecified atom stereocenters. The fourth-order valence-electron chi connectivity index (χ4n) is 2.00. The molecule has 2 aromatic heterocycles. The summed E-state index contributed by atoms with van der Waals surface area (Å²) in [6, 6.07) is 11.0. The SMILES string of the molecule is COn1c(=O)ccc2cnc(Nc3ccc(C)cc3)nc21. The number of fused-ring (bicyclic) bond motifs is 1. The number of anilines is 2. The Bertz CT molecular complexity index is 840. The van der Waals surface area contributed by atoms with Crippen molar-refractivity contribution in [3.05, 3.63) is 58.5 Å². The van der Waals surface area contributed by atoms with Gasteiger partial charge in [-0.1, -0.05) is 17.7 Å². The molecule has 0 fully saturated rings. The van der Waals surface area contributed by atoms with E-state index in [0.717, 1.165) is 15.8 Å². The highest BCUT2D eigenvalue weighted by Crippen LogP contribution is 2.15. The summed E-state index contributed by atoms with van der Waals surface area (Å²) in [5.74, 6) is 0.405. The molecular weight excluding hydrogens is 268 g/mol. The monoisotopic (exact) mass is 282 g/mol. The molecule has 0 saturated carbocycles. The second kappa shape index (κ2) is 5.24. The Labute approximate surface area is 121 Å². The van der Waals surface area contributed by atoms with Gasteiger partial charge in [0.15, 0.2) is 5.65 Å². The lowest BCUT2D eigenvalue weighted by atomic mass is 10.2. The van der Waals surface area contributed by atoms with E-state index in [1.807, 2.05) is 31.2 Å². The van der Waals surface area contributed by atoms with Gasteiger partial charge in [0.25, 0.3) is 5.56 Å². The molecule has 6 nitrogen and oxygen atoms in total. The van der Waals surface area contributed by atoms with E-state index in [4.69, 9.17) is 4.84 Å². The van der Waals surface area contributed by atoms with E-state index in [0.29, 0.717) is 11.6 Å². The predicted octanol–water partition coefficient (Wildman–Crippen LogP) is 1.90. The molecule has 3 rings (SSSR count). The molecule has 21 heavy (non-hydrogen) atoms. The third-order valence-corrected chi connectivity index (χ3v) is 3.08. The number of pyridine rings is 1. The third kappa shape index (κ3) is 2.55. The smallest absolute Gasteiger partial charge is 0.285 e. The third-order valence-electron chi connectivity index (χ3n) is 3.08. The molecular formula is C15H14N4O2. The minimum absolute atomic E-state index is 0.273. The largest absolute Gasteiger partial charge is 0.412 e. The average Bonchev–Trinajstić information content (AvgIpc) is 2.49. The fourth-order valence-corrected chi connectivity index (χ4v) is 2.00. The summed E-state index contributed by atoms with van der Waals surface area (Å²) in [5, 5.41) is 3.83. The Morgan fingerprint density at radius 3 is 2.62 bits per heavy atom. The van der Waals surface area contributed by atoms with Gasteiger partial charge in [0, 0.05) is 23.3 Å². The minimum atomic E-state index is -0.273. The van der Waals surface area contributed by atoms with Gasteiger partial charge in [-0.3, -0.25) is 4.79 Å². The van der Waals surface area contributed by atoms with E-state index >= 15 is 0 Å². The first-order valence-electron chi connectivity index (χ1n) is 6.44. The van der Waals surface area contributed by atoms with Crippen molar-refractivity contribution in [2.75, 3.05) is 12.4 Å². The zero-order valence-corrected chi connectivity index (χ0v) is 11.7. The number of hydrogen-bond acceptors (Lipinski definition) is 5. The van der Waals surface area contributed by atoms with Crippen LogP contribution >= 0.6 is 0 Å². The Morgan fingerprint density at radius 1 is 1.14 bits per heavy atom. The Hall–Kier alpha value is -2.89. The van der Waals surface area contributed by atoms with Gasteiger partial charge in [0.1, 0.15) is 7.11 Å². The zero-order chi connectivity index (χ0) is 14.8. The van der Waals surface area contributed by atoms with Crippen LogP contribution in [0.4, 0.5) is 11.6 Å². The highest BCUT2D eigenvalue weighted by molar-refractivity contribution is 5.75. The molecule has 0 aliphatic rings. The van der Waals surface area contributed by atoms with Crippen LogP contribution in [0.1, 0.15) is 5.56 Å². The lowest BCUT2D eigenvalue weighted by Crippen LogP contribution is -2.25. The van der Waals surface area contributed by atoms with Crippen LogP contribution in [-0.2, 0) is 0 Å². The Morgan fingerprint density at radius 2 is 1.90 bits per heavy atom. The zero-order valence-electron chi connectivity index (χ0n) is 11.7. The number of aryl methyl sites for hydroxylation is 1. The van der Waals surface area contributed by atoms with Gasteiger partial charge in [0.2, 0.25) is 5.95 Å². The maximum atomic E-state index is 11.7. The van der Waals surface area contributed by atoms with Crippen LogP contribution in [0.2, 0.25) is 0 Å². The van der Waals surface area contributed by atoms with E-state index in [1.165, 1.54) is 18.7 Å². The average molecular weight is 282 g/mol. The van der Waals surface area contributed by atoms with Crippen molar-refractivity contribution in [3.8, 4) is 0 Å². The molecule has 0 amide bonds. The first-order valence-corrected chi connectivity index (χ1v) is 6.44. The van der Waals surface area contributed by atoms with Crippen LogP contribution in [-0.4, -0.2) is 21.8 Å². The Kier molecular flexibility index (Phi) is 3.27. The van der Waals surface area contributed by atoms with Crippen molar-refractivity contribution in [1.82, 2.24) is 14.7 Å². The number of hydrogen-bond donors (Lipinski definition) is 1. The van der Waals surface area contributed by atoms with E-state index in [-0.39, 0.29) is 5.56 Å². The van der Waals surface area contributed by atoms with Crippen molar-refractivity contribution in [3.63, 3.8) is 0 Å². The second-order valence-corrected chi connectivity index (χ2v) is 4.61. The van der Waals surface area contributed by atoms with Crippen LogP contribution in [0.3, 0.4) is 0 Å².